The molecule has 0 spiro atoms. The Kier molecular flexibility index (Phi) is 8.09. The highest BCUT2D eigenvalue weighted by Gasteiger charge is 2.28. The normalized spacial score (nSPS) is 24.5. The van der Waals surface area contributed by atoms with Gasteiger partial charge in [-0.1, -0.05) is 32.9 Å². The Morgan fingerprint density at radius 2 is 1.83 bits per heavy atom. The first-order valence-corrected chi connectivity index (χ1v) is 13.1. The van der Waals surface area contributed by atoms with Crippen molar-refractivity contribution < 1.29 is 9.00 Å². The molecule has 1 saturated heterocycles. The molecular formula is C24H37N3O2S. The maximum absolute atomic E-state index is 13.1. The Hall–Kier alpha value is -1.69. The summed E-state index contributed by atoms with van der Waals surface area (Å²) in [7, 11) is -0.776. The van der Waals surface area contributed by atoms with Crippen molar-refractivity contribution in [2.45, 2.75) is 71.8 Å². The summed E-state index contributed by atoms with van der Waals surface area (Å²) in [5.74, 6) is 2.86. The number of hydrogen-bond donors (Lipinski definition) is 1. The number of nitrogens with zero attached hydrogens (tertiary/aromatic N) is 2. The summed E-state index contributed by atoms with van der Waals surface area (Å²) in [5, 5.41) is 3.68. The van der Waals surface area contributed by atoms with E-state index in [2.05, 4.69) is 18.8 Å². The lowest BCUT2D eigenvalue weighted by atomic mass is 9.83. The molecule has 1 saturated carbocycles. The van der Waals surface area contributed by atoms with Gasteiger partial charge in [0.1, 0.15) is 5.82 Å². The van der Waals surface area contributed by atoms with Crippen LogP contribution in [0.2, 0.25) is 0 Å². The van der Waals surface area contributed by atoms with E-state index < -0.39 is 10.8 Å². The van der Waals surface area contributed by atoms with Crippen molar-refractivity contribution in [1.29, 1.82) is 0 Å². The predicted octanol–water partition coefficient (Wildman–Crippen LogP) is 4.35. The van der Waals surface area contributed by atoms with Crippen LogP contribution in [0.4, 0.5) is 5.82 Å². The Morgan fingerprint density at radius 3 is 2.50 bits per heavy atom. The number of nitrogens with one attached hydrogen (secondary N) is 1. The zero-order chi connectivity index (χ0) is 21.7. The maximum Gasteiger partial charge on any atom is 0.255 e. The number of aromatic nitrogens is 1. The third-order valence-electron chi connectivity index (χ3n) is 6.30. The van der Waals surface area contributed by atoms with Gasteiger partial charge in [0.05, 0.1) is 5.56 Å². The molecule has 1 aliphatic heterocycles. The summed E-state index contributed by atoms with van der Waals surface area (Å²) in [6.07, 6.45) is 9.25. The van der Waals surface area contributed by atoms with E-state index in [1.165, 1.54) is 16.7 Å². The number of pyridine rings is 1. The smallest absolute Gasteiger partial charge is 0.255 e. The molecule has 5 nitrogen and oxygen atoms in total. The van der Waals surface area contributed by atoms with Crippen LogP contribution in [-0.2, 0) is 23.6 Å². The molecule has 1 amide bonds. The molecule has 2 atom stereocenters. The highest BCUT2D eigenvalue weighted by molar-refractivity contribution is 7.85. The minimum Gasteiger partial charge on any atom is -0.367 e. The number of rotatable bonds is 3. The van der Waals surface area contributed by atoms with Crippen LogP contribution < -0.4 is 5.32 Å². The van der Waals surface area contributed by atoms with E-state index in [1.54, 1.807) is 6.20 Å². The predicted molar refractivity (Wildman–Crippen MR) is 126 cm³/mol. The van der Waals surface area contributed by atoms with E-state index in [0.717, 1.165) is 56.3 Å². The first kappa shape index (κ1) is 23.0. The van der Waals surface area contributed by atoms with E-state index in [-0.39, 0.29) is 5.91 Å². The average Bonchev–Trinajstić information content (AvgIpc) is 2.75. The fourth-order valence-electron chi connectivity index (χ4n) is 4.95. The molecule has 3 aliphatic rings. The molecular weight excluding hydrogens is 394 g/mol. The highest BCUT2D eigenvalue weighted by atomic mass is 32.2. The van der Waals surface area contributed by atoms with Crippen molar-refractivity contribution in [2.24, 2.45) is 5.92 Å². The molecule has 2 heterocycles. The summed E-state index contributed by atoms with van der Waals surface area (Å²) in [5.41, 5.74) is 4.50. The summed E-state index contributed by atoms with van der Waals surface area (Å²) in [4.78, 5) is 19.7. The second kappa shape index (κ2) is 10.6. The van der Waals surface area contributed by atoms with Crippen LogP contribution in [0.25, 0.3) is 0 Å². The van der Waals surface area contributed by atoms with Crippen molar-refractivity contribution in [3.05, 3.63) is 35.0 Å². The molecule has 0 aromatic carbocycles. The third-order valence-corrected chi connectivity index (χ3v) is 7.57. The molecule has 0 bridgehead atoms. The molecule has 1 aromatic heterocycles. The van der Waals surface area contributed by atoms with E-state index in [0.29, 0.717) is 36.6 Å². The lowest BCUT2D eigenvalue weighted by molar-refractivity contribution is 0.0769. The van der Waals surface area contributed by atoms with Crippen molar-refractivity contribution >= 4 is 22.5 Å². The second-order valence-electron chi connectivity index (χ2n) is 8.67. The van der Waals surface area contributed by atoms with Crippen LogP contribution >= 0.6 is 0 Å². The van der Waals surface area contributed by atoms with Crippen molar-refractivity contribution in [3.8, 4) is 0 Å². The number of hydrogen-bond acceptors (Lipinski definition) is 4. The van der Waals surface area contributed by atoms with E-state index in [4.69, 9.17) is 4.98 Å². The molecule has 30 heavy (non-hydrogen) atoms. The molecule has 6 heteroatoms. The van der Waals surface area contributed by atoms with E-state index >= 15 is 0 Å². The number of carbonyl (C=O) groups is 1. The van der Waals surface area contributed by atoms with E-state index in [1.807, 2.05) is 18.7 Å². The number of amides is 1. The molecule has 166 valence electrons. The molecule has 2 unspecified atom stereocenters. The van der Waals surface area contributed by atoms with Crippen molar-refractivity contribution in [3.63, 3.8) is 0 Å². The summed E-state index contributed by atoms with van der Waals surface area (Å²) < 4.78 is 11.6. The standard InChI is InChI=1S/C22H31N3O2S.C2H6/c1-15-11-16(2)13-17(12-15)24-21-19-6-4-3-5-18(19)20(14-23-21)22(26)25-7-9-28(27)10-8-25;1-2/h14,16-17H,1,3-13H2,2H3,(H,23,24);1-2H3. The van der Waals surface area contributed by atoms with Gasteiger partial charge in [-0.15, -0.1) is 0 Å². The Balaban J connectivity index is 0.00000124. The number of fused-ring (bicyclic) bond motifs is 1. The first-order chi connectivity index (χ1) is 14.5. The van der Waals surface area contributed by atoms with Gasteiger partial charge in [-0.2, -0.15) is 0 Å². The summed E-state index contributed by atoms with van der Waals surface area (Å²) in [6.45, 7) is 11.7. The average molecular weight is 432 g/mol. The van der Waals surface area contributed by atoms with Crippen LogP contribution in [0, 0.1) is 5.92 Å². The molecule has 1 N–H and O–H groups in total. The van der Waals surface area contributed by atoms with Gasteiger partial charge in [-0.3, -0.25) is 9.00 Å². The summed E-state index contributed by atoms with van der Waals surface area (Å²) >= 11 is 0. The van der Waals surface area contributed by atoms with Crippen molar-refractivity contribution in [2.75, 3.05) is 29.9 Å². The zero-order valence-corrected chi connectivity index (χ0v) is 19.7. The van der Waals surface area contributed by atoms with Gasteiger partial charge in [0.25, 0.3) is 5.91 Å². The lowest BCUT2D eigenvalue weighted by Crippen LogP contribution is -2.42. The molecule has 2 fully saturated rings. The van der Waals surface area contributed by atoms with Crippen molar-refractivity contribution in [1.82, 2.24) is 9.88 Å². The maximum atomic E-state index is 13.1. The first-order valence-electron chi connectivity index (χ1n) is 11.6. The lowest BCUT2D eigenvalue weighted by Gasteiger charge is -2.32. The quantitative estimate of drug-likeness (QED) is 0.723. The molecule has 0 radical (unpaired) electrons. The van der Waals surface area contributed by atoms with Gasteiger partial charge in [0.15, 0.2) is 0 Å². The molecule has 1 aromatic rings. The fraction of sp³-hybridized carbons (Fsp3) is 0.667. The van der Waals surface area contributed by atoms with Crippen LogP contribution in [-0.4, -0.2) is 50.6 Å². The Labute approximate surface area is 184 Å². The van der Waals surface area contributed by atoms with Crippen LogP contribution in [0.5, 0.6) is 0 Å². The van der Waals surface area contributed by atoms with Crippen LogP contribution in [0.3, 0.4) is 0 Å². The molecule has 2 aliphatic carbocycles. The number of anilines is 1. The van der Waals surface area contributed by atoms with Gasteiger partial charge >= 0.3 is 0 Å². The Morgan fingerprint density at radius 1 is 1.17 bits per heavy atom. The van der Waals surface area contributed by atoms with Gasteiger partial charge in [-0.05, 0) is 62.0 Å². The monoisotopic (exact) mass is 431 g/mol. The van der Waals surface area contributed by atoms with Crippen LogP contribution in [0.15, 0.2) is 18.3 Å². The van der Waals surface area contributed by atoms with Crippen LogP contribution in [0.1, 0.15) is 74.4 Å². The highest BCUT2D eigenvalue weighted by Crippen LogP contribution is 2.33. The second-order valence-corrected chi connectivity index (χ2v) is 10.4. The number of carbonyl (C=O) groups excluding carboxylic acids is 1. The molecule has 4 rings (SSSR count). The minimum absolute atomic E-state index is 0.0635. The van der Waals surface area contributed by atoms with E-state index in [9.17, 15) is 9.00 Å². The summed E-state index contributed by atoms with van der Waals surface area (Å²) in [6, 6.07) is 0.383. The fourth-order valence-corrected chi connectivity index (χ4v) is 6.00. The minimum atomic E-state index is -0.776. The topological polar surface area (TPSA) is 62.3 Å². The van der Waals surface area contributed by atoms with Gasteiger partial charge in [0, 0.05) is 47.6 Å². The SMILES string of the molecule is C=C1CC(C)CC(Nc2ncc(C(=O)N3CCS(=O)CC3)c3c2CCCC3)C1.CC. The Bertz CT molecular complexity index is 798. The van der Waals surface area contributed by atoms with Gasteiger partial charge < -0.3 is 10.2 Å². The largest absolute Gasteiger partial charge is 0.367 e. The van der Waals surface area contributed by atoms with Gasteiger partial charge in [-0.25, -0.2) is 4.98 Å². The third kappa shape index (κ3) is 5.32. The zero-order valence-electron chi connectivity index (χ0n) is 18.8. The van der Waals surface area contributed by atoms with Gasteiger partial charge in [0.2, 0.25) is 0 Å².